The molecular formula is C14H14F4N2S. The van der Waals surface area contributed by atoms with Crippen LogP contribution in [0, 0.1) is 5.82 Å². The van der Waals surface area contributed by atoms with Crippen LogP contribution in [0.3, 0.4) is 0 Å². The molecule has 2 nitrogen and oxygen atoms in total. The molecule has 1 aromatic heterocycles. The first-order valence-corrected chi connectivity index (χ1v) is 7.01. The van der Waals surface area contributed by atoms with Crippen molar-refractivity contribution >= 4 is 11.3 Å². The van der Waals surface area contributed by atoms with Gasteiger partial charge in [-0.1, -0.05) is 12.1 Å². The molecule has 0 amide bonds. The number of aromatic nitrogens is 1. The number of halogens is 4. The summed E-state index contributed by atoms with van der Waals surface area (Å²) in [6, 6.07) is 5.65. The van der Waals surface area contributed by atoms with Crippen LogP contribution in [0.25, 0.3) is 0 Å². The minimum atomic E-state index is -4.53. The SMILES string of the molecule is CC(C)(c1ccc(F)cc1)c1nc(C(F)(F)F)c(CN)s1. The van der Waals surface area contributed by atoms with Gasteiger partial charge < -0.3 is 5.73 Å². The predicted molar refractivity (Wildman–Crippen MR) is 73.5 cm³/mol. The van der Waals surface area contributed by atoms with Gasteiger partial charge in [0.1, 0.15) is 10.8 Å². The van der Waals surface area contributed by atoms with Gasteiger partial charge in [-0.3, -0.25) is 0 Å². The molecule has 1 aromatic carbocycles. The van der Waals surface area contributed by atoms with Crippen LogP contribution >= 0.6 is 11.3 Å². The summed E-state index contributed by atoms with van der Waals surface area (Å²) in [5, 5.41) is 0.307. The third-order valence-corrected chi connectivity index (χ3v) is 4.65. The molecule has 0 bridgehead atoms. The topological polar surface area (TPSA) is 38.9 Å². The van der Waals surface area contributed by atoms with Crippen molar-refractivity contribution in [3.05, 3.63) is 51.2 Å². The Kier molecular flexibility index (Phi) is 4.08. The number of benzene rings is 1. The van der Waals surface area contributed by atoms with Gasteiger partial charge in [0.25, 0.3) is 0 Å². The second-order valence-corrected chi connectivity index (χ2v) is 6.21. The first kappa shape index (κ1) is 15.9. The first-order valence-electron chi connectivity index (χ1n) is 6.19. The monoisotopic (exact) mass is 318 g/mol. The summed E-state index contributed by atoms with van der Waals surface area (Å²) >= 11 is 0.942. The molecule has 0 unspecified atom stereocenters. The molecule has 21 heavy (non-hydrogen) atoms. The molecule has 2 aromatic rings. The van der Waals surface area contributed by atoms with E-state index in [9.17, 15) is 17.6 Å². The van der Waals surface area contributed by atoms with Crippen molar-refractivity contribution in [3.8, 4) is 0 Å². The van der Waals surface area contributed by atoms with Crippen LogP contribution in [0.5, 0.6) is 0 Å². The third kappa shape index (κ3) is 3.08. The summed E-state index contributed by atoms with van der Waals surface area (Å²) in [6.45, 7) is 3.28. The van der Waals surface area contributed by atoms with Crippen molar-refractivity contribution in [1.82, 2.24) is 4.98 Å². The lowest BCUT2D eigenvalue weighted by Crippen LogP contribution is -2.19. The Labute approximate surface area is 123 Å². The number of alkyl halides is 3. The molecule has 114 valence electrons. The van der Waals surface area contributed by atoms with E-state index in [2.05, 4.69) is 4.98 Å². The van der Waals surface area contributed by atoms with Gasteiger partial charge in [0.05, 0.1) is 4.88 Å². The van der Waals surface area contributed by atoms with Crippen molar-refractivity contribution in [2.75, 3.05) is 0 Å². The molecular weight excluding hydrogens is 304 g/mol. The zero-order valence-corrected chi connectivity index (χ0v) is 12.3. The number of nitrogens with zero attached hydrogens (tertiary/aromatic N) is 1. The van der Waals surface area contributed by atoms with Gasteiger partial charge in [0.15, 0.2) is 5.69 Å². The quantitative estimate of drug-likeness (QED) is 0.866. The molecule has 0 saturated heterocycles. The normalized spacial score (nSPS) is 12.7. The molecule has 0 aliphatic carbocycles. The maximum atomic E-state index is 13.0. The third-order valence-electron chi connectivity index (χ3n) is 3.25. The van der Waals surface area contributed by atoms with Crippen LogP contribution in [0.15, 0.2) is 24.3 Å². The zero-order chi connectivity index (χ0) is 15.8. The Bertz CT molecular complexity index is 629. The highest BCUT2D eigenvalue weighted by Gasteiger charge is 2.39. The summed E-state index contributed by atoms with van der Waals surface area (Å²) in [4.78, 5) is 3.75. The number of thiazole rings is 1. The average Bonchev–Trinajstić information content (AvgIpc) is 2.84. The van der Waals surface area contributed by atoms with Crippen molar-refractivity contribution in [3.63, 3.8) is 0 Å². The second kappa shape index (κ2) is 5.38. The fourth-order valence-corrected chi connectivity index (χ4v) is 3.05. The van der Waals surface area contributed by atoms with Gasteiger partial charge >= 0.3 is 6.18 Å². The van der Waals surface area contributed by atoms with E-state index in [1.165, 1.54) is 12.1 Å². The van der Waals surface area contributed by atoms with Gasteiger partial charge in [0, 0.05) is 12.0 Å². The maximum Gasteiger partial charge on any atom is 0.434 e. The summed E-state index contributed by atoms with van der Waals surface area (Å²) in [5.41, 5.74) is 4.38. The van der Waals surface area contributed by atoms with Crippen molar-refractivity contribution in [2.45, 2.75) is 32.0 Å². The largest absolute Gasteiger partial charge is 0.434 e. The fraction of sp³-hybridized carbons (Fsp3) is 0.357. The lowest BCUT2D eigenvalue weighted by Gasteiger charge is -2.22. The van der Waals surface area contributed by atoms with E-state index < -0.39 is 23.1 Å². The molecule has 2 rings (SSSR count). The smallest absolute Gasteiger partial charge is 0.326 e. The molecule has 7 heteroatoms. The highest BCUT2D eigenvalue weighted by molar-refractivity contribution is 7.12. The summed E-state index contributed by atoms with van der Waals surface area (Å²) < 4.78 is 51.8. The summed E-state index contributed by atoms with van der Waals surface area (Å²) in [7, 11) is 0. The zero-order valence-electron chi connectivity index (χ0n) is 11.5. The highest BCUT2D eigenvalue weighted by atomic mass is 32.1. The minimum Gasteiger partial charge on any atom is -0.326 e. The highest BCUT2D eigenvalue weighted by Crippen LogP contribution is 2.40. The average molecular weight is 318 g/mol. The number of hydrogen-bond donors (Lipinski definition) is 1. The minimum absolute atomic E-state index is 0.00712. The molecule has 2 N–H and O–H groups in total. The number of rotatable bonds is 3. The van der Waals surface area contributed by atoms with Crippen LogP contribution in [0.2, 0.25) is 0 Å². The van der Waals surface area contributed by atoms with Crippen LogP contribution < -0.4 is 5.73 Å². The molecule has 0 spiro atoms. The van der Waals surface area contributed by atoms with Gasteiger partial charge in [-0.05, 0) is 31.5 Å². The Hall–Kier alpha value is -1.47. The molecule has 0 aliphatic heterocycles. The molecule has 0 fully saturated rings. The van der Waals surface area contributed by atoms with Gasteiger partial charge in [-0.25, -0.2) is 9.37 Å². The first-order chi connectivity index (χ1) is 9.66. The van der Waals surface area contributed by atoms with Crippen molar-refractivity contribution in [1.29, 1.82) is 0 Å². The molecule has 1 heterocycles. The van der Waals surface area contributed by atoms with E-state index in [1.54, 1.807) is 26.0 Å². The van der Waals surface area contributed by atoms with Crippen molar-refractivity contribution < 1.29 is 17.6 Å². The van der Waals surface area contributed by atoms with E-state index in [4.69, 9.17) is 5.73 Å². The van der Waals surface area contributed by atoms with E-state index in [-0.39, 0.29) is 11.4 Å². The second-order valence-electron chi connectivity index (χ2n) is 5.12. The molecule has 0 aliphatic rings. The van der Waals surface area contributed by atoms with Crippen molar-refractivity contribution in [2.24, 2.45) is 5.73 Å². The Morgan fingerprint density at radius 3 is 2.14 bits per heavy atom. The molecule has 0 atom stereocenters. The van der Waals surface area contributed by atoms with Gasteiger partial charge in [-0.15, -0.1) is 11.3 Å². The van der Waals surface area contributed by atoms with E-state index in [1.807, 2.05) is 0 Å². The van der Waals surface area contributed by atoms with E-state index in [0.717, 1.165) is 11.3 Å². The fourth-order valence-electron chi connectivity index (χ4n) is 1.97. The Morgan fingerprint density at radius 1 is 1.14 bits per heavy atom. The van der Waals surface area contributed by atoms with E-state index >= 15 is 0 Å². The van der Waals surface area contributed by atoms with Gasteiger partial charge in [0.2, 0.25) is 0 Å². The van der Waals surface area contributed by atoms with Crippen LogP contribution in [-0.2, 0) is 18.1 Å². The molecule has 0 saturated carbocycles. The summed E-state index contributed by atoms with van der Waals surface area (Å²) in [5.74, 6) is -0.396. The Morgan fingerprint density at radius 2 is 1.71 bits per heavy atom. The molecule has 0 radical (unpaired) electrons. The number of nitrogens with two attached hydrogens (primary N) is 1. The Balaban J connectivity index is 2.50. The van der Waals surface area contributed by atoms with Crippen LogP contribution in [0.1, 0.15) is 35.0 Å². The summed E-state index contributed by atoms with van der Waals surface area (Å²) in [6.07, 6.45) is -4.53. The standard InChI is InChI=1S/C14H14F4N2S/c1-13(2,8-3-5-9(15)6-4-8)12-20-11(14(16,17)18)10(7-19)21-12/h3-6H,7,19H2,1-2H3. The lowest BCUT2D eigenvalue weighted by molar-refractivity contribution is -0.141. The lowest BCUT2D eigenvalue weighted by atomic mass is 9.85. The maximum absolute atomic E-state index is 13.0. The number of hydrogen-bond acceptors (Lipinski definition) is 3. The van der Waals surface area contributed by atoms with Crippen LogP contribution in [0.4, 0.5) is 17.6 Å². The predicted octanol–water partition coefficient (Wildman–Crippen LogP) is 4.09. The van der Waals surface area contributed by atoms with Crippen LogP contribution in [-0.4, -0.2) is 4.98 Å². The van der Waals surface area contributed by atoms with Gasteiger partial charge in [-0.2, -0.15) is 13.2 Å². The van der Waals surface area contributed by atoms with E-state index in [0.29, 0.717) is 10.6 Å².